The third-order valence-corrected chi connectivity index (χ3v) is 5.12. The molecule has 1 N–H and O–H groups in total. The first-order valence-electron chi connectivity index (χ1n) is 9.52. The Balaban J connectivity index is 1.55. The Morgan fingerprint density at radius 3 is 2.71 bits per heavy atom. The van der Waals surface area contributed by atoms with Gasteiger partial charge in [-0.2, -0.15) is 10.4 Å². The fourth-order valence-corrected chi connectivity index (χ4v) is 3.70. The second kappa shape index (κ2) is 8.05. The standard InChI is InChI=1S/C22H21N5O/c23-14-16-4-3-5-18(12-16)22(28)25-15-19-13-21(17-8-10-24-11-9-17)27(26-19)20-6-1-2-7-20/h3-5,8-13,20H,1-2,6-7,15H2,(H,25,28). The molecule has 2 aromatic heterocycles. The molecule has 0 bridgehead atoms. The number of nitrogens with one attached hydrogen (secondary N) is 1. The minimum Gasteiger partial charge on any atom is -0.346 e. The van der Waals surface area contributed by atoms with Crippen LogP contribution in [0, 0.1) is 11.3 Å². The summed E-state index contributed by atoms with van der Waals surface area (Å²) in [5.41, 5.74) is 3.91. The van der Waals surface area contributed by atoms with Crippen LogP contribution >= 0.6 is 0 Å². The average Bonchev–Trinajstić information content (AvgIpc) is 3.42. The number of hydrogen-bond donors (Lipinski definition) is 1. The lowest BCUT2D eigenvalue weighted by Crippen LogP contribution is -2.23. The van der Waals surface area contributed by atoms with E-state index < -0.39 is 0 Å². The molecule has 1 amide bonds. The predicted molar refractivity (Wildman–Crippen MR) is 105 cm³/mol. The van der Waals surface area contributed by atoms with E-state index in [2.05, 4.69) is 21.1 Å². The van der Waals surface area contributed by atoms with Gasteiger partial charge in [0.2, 0.25) is 0 Å². The van der Waals surface area contributed by atoms with Gasteiger partial charge in [0.25, 0.3) is 5.91 Å². The van der Waals surface area contributed by atoms with Crippen LogP contribution in [0.5, 0.6) is 0 Å². The summed E-state index contributed by atoms with van der Waals surface area (Å²) in [5.74, 6) is -0.210. The molecule has 6 heteroatoms. The van der Waals surface area contributed by atoms with Gasteiger partial charge in [0, 0.05) is 23.5 Å². The summed E-state index contributed by atoms with van der Waals surface area (Å²) in [7, 11) is 0. The SMILES string of the molecule is N#Cc1cccc(C(=O)NCc2cc(-c3ccncc3)n(C3CCCC3)n2)c1. The zero-order valence-corrected chi connectivity index (χ0v) is 15.5. The maximum Gasteiger partial charge on any atom is 0.251 e. The molecule has 0 saturated heterocycles. The Bertz CT molecular complexity index is 1010. The molecule has 140 valence electrons. The van der Waals surface area contributed by atoms with Crippen molar-refractivity contribution >= 4 is 5.91 Å². The van der Waals surface area contributed by atoms with Gasteiger partial charge < -0.3 is 5.32 Å². The van der Waals surface area contributed by atoms with Gasteiger partial charge >= 0.3 is 0 Å². The highest BCUT2D eigenvalue weighted by Crippen LogP contribution is 2.33. The summed E-state index contributed by atoms with van der Waals surface area (Å²) in [6.45, 7) is 0.341. The van der Waals surface area contributed by atoms with E-state index in [1.54, 1.807) is 36.7 Å². The lowest BCUT2D eigenvalue weighted by atomic mass is 10.1. The largest absolute Gasteiger partial charge is 0.346 e. The molecule has 0 atom stereocenters. The third kappa shape index (κ3) is 3.79. The highest BCUT2D eigenvalue weighted by atomic mass is 16.1. The summed E-state index contributed by atoms with van der Waals surface area (Å²) >= 11 is 0. The summed E-state index contributed by atoms with van der Waals surface area (Å²) < 4.78 is 2.11. The molecule has 3 aromatic rings. The van der Waals surface area contributed by atoms with Crippen molar-refractivity contribution in [1.29, 1.82) is 5.26 Å². The predicted octanol–water partition coefficient (Wildman–Crippen LogP) is 3.86. The Hall–Kier alpha value is -3.46. The van der Waals surface area contributed by atoms with E-state index >= 15 is 0 Å². The normalized spacial score (nSPS) is 14.0. The molecule has 1 fully saturated rings. The smallest absolute Gasteiger partial charge is 0.251 e. The number of amides is 1. The maximum atomic E-state index is 12.4. The number of hydrogen-bond acceptors (Lipinski definition) is 4. The van der Waals surface area contributed by atoms with Crippen molar-refractivity contribution in [3.63, 3.8) is 0 Å². The lowest BCUT2D eigenvalue weighted by Gasteiger charge is -2.14. The quantitative estimate of drug-likeness (QED) is 0.738. The van der Waals surface area contributed by atoms with Crippen molar-refractivity contribution in [2.24, 2.45) is 0 Å². The van der Waals surface area contributed by atoms with E-state index in [1.807, 2.05) is 18.2 Å². The molecule has 1 saturated carbocycles. The number of pyridine rings is 1. The van der Waals surface area contributed by atoms with Crippen molar-refractivity contribution in [3.05, 3.63) is 71.7 Å². The first-order valence-corrected chi connectivity index (χ1v) is 9.52. The molecule has 1 aliphatic rings. The Labute approximate surface area is 163 Å². The summed E-state index contributed by atoms with van der Waals surface area (Å²) in [4.78, 5) is 16.5. The van der Waals surface area contributed by atoms with Crippen molar-refractivity contribution in [2.75, 3.05) is 0 Å². The van der Waals surface area contributed by atoms with E-state index in [4.69, 9.17) is 10.4 Å². The number of aromatic nitrogens is 3. The van der Waals surface area contributed by atoms with Gasteiger partial charge in [-0.15, -0.1) is 0 Å². The fraction of sp³-hybridized carbons (Fsp3) is 0.273. The third-order valence-electron chi connectivity index (χ3n) is 5.12. The highest BCUT2D eigenvalue weighted by Gasteiger charge is 2.22. The number of nitriles is 1. The molecule has 1 aliphatic carbocycles. The van der Waals surface area contributed by atoms with E-state index in [1.165, 1.54) is 12.8 Å². The molecular weight excluding hydrogens is 350 g/mol. The molecule has 28 heavy (non-hydrogen) atoms. The number of rotatable bonds is 5. The van der Waals surface area contributed by atoms with Gasteiger partial charge in [0.1, 0.15) is 0 Å². The van der Waals surface area contributed by atoms with E-state index in [0.717, 1.165) is 29.8 Å². The van der Waals surface area contributed by atoms with Crippen molar-refractivity contribution in [1.82, 2.24) is 20.1 Å². The van der Waals surface area contributed by atoms with Crippen LogP contribution in [0.25, 0.3) is 11.3 Å². The number of benzene rings is 1. The van der Waals surface area contributed by atoms with Crippen LogP contribution in [0.4, 0.5) is 0 Å². The summed E-state index contributed by atoms with van der Waals surface area (Å²) in [6, 6.07) is 15.2. The summed E-state index contributed by atoms with van der Waals surface area (Å²) in [5, 5.41) is 16.7. The molecule has 6 nitrogen and oxygen atoms in total. The Kier molecular flexibility index (Phi) is 5.16. The summed E-state index contributed by atoms with van der Waals surface area (Å²) in [6.07, 6.45) is 8.28. The zero-order chi connectivity index (χ0) is 19.3. The number of carbonyl (C=O) groups excluding carboxylic acids is 1. The molecule has 0 unspecified atom stereocenters. The first kappa shape index (κ1) is 17.9. The Morgan fingerprint density at radius 2 is 1.96 bits per heavy atom. The number of carbonyl (C=O) groups is 1. The minimum atomic E-state index is -0.210. The number of nitrogens with zero attached hydrogens (tertiary/aromatic N) is 4. The van der Waals surface area contributed by atoms with Crippen LogP contribution in [0.2, 0.25) is 0 Å². The molecule has 4 rings (SSSR count). The molecule has 0 spiro atoms. The monoisotopic (exact) mass is 371 g/mol. The molecular formula is C22H21N5O. The molecule has 2 heterocycles. The van der Waals surface area contributed by atoms with Crippen molar-refractivity contribution < 1.29 is 4.79 Å². The Morgan fingerprint density at radius 1 is 1.18 bits per heavy atom. The second-order valence-corrected chi connectivity index (χ2v) is 7.01. The van der Waals surface area contributed by atoms with Crippen LogP contribution in [0.15, 0.2) is 54.9 Å². The van der Waals surface area contributed by atoms with Gasteiger partial charge in [0.15, 0.2) is 0 Å². The van der Waals surface area contributed by atoms with Crippen LogP contribution < -0.4 is 5.32 Å². The van der Waals surface area contributed by atoms with E-state index in [0.29, 0.717) is 23.7 Å². The van der Waals surface area contributed by atoms with Gasteiger partial charge in [-0.3, -0.25) is 14.5 Å². The molecule has 1 aromatic carbocycles. The van der Waals surface area contributed by atoms with Gasteiger partial charge in [-0.05, 0) is 49.2 Å². The van der Waals surface area contributed by atoms with Crippen LogP contribution in [-0.2, 0) is 6.54 Å². The van der Waals surface area contributed by atoms with Crippen molar-refractivity contribution in [2.45, 2.75) is 38.3 Å². The second-order valence-electron chi connectivity index (χ2n) is 7.01. The first-order chi connectivity index (χ1) is 13.7. The van der Waals surface area contributed by atoms with Gasteiger partial charge in [-0.25, -0.2) is 0 Å². The maximum absolute atomic E-state index is 12.4. The zero-order valence-electron chi connectivity index (χ0n) is 15.5. The van der Waals surface area contributed by atoms with E-state index in [9.17, 15) is 4.79 Å². The van der Waals surface area contributed by atoms with Crippen molar-refractivity contribution in [3.8, 4) is 17.3 Å². The van der Waals surface area contributed by atoms with E-state index in [-0.39, 0.29) is 5.91 Å². The average molecular weight is 371 g/mol. The molecule has 0 radical (unpaired) electrons. The van der Waals surface area contributed by atoms with Crippen LogP contribution in [-0.4, -0.2) is 20.7 Å². The van der Waals surface area contributed by atoms with Gasteiger partial charge in [0.05, 0.1) is 35.6 Å². The highest BCUT2D eigenvalue weighted by molar-refractivity contribution is 5.94. The van der Waals surface area contributed by atoms with Crippen LogP contribution in [0.1, 0.15) is 53.3 Å². The minimum absolute atomic E-state index is 0.210. The van der Waals surface area contributed by atoms with Crippen LogP contribution in [0.3, 0.4) is 0 Å². The lowest BCUT2D eigenvalue weighted by molar-refractivity contribution is 0.0950. The fourth-order valence-electron chi connectivity index (χ4n) is 3.70. The topological polar surface area (TPSA) is 83.6 Å². The van der Waals surface area contributed by atoms with Gasteiger partial charge in [-0.1, -0.05) is 18.9 Å². The molecule has 0 aliphatic heterocycles.